The first-order valence-electron chi connectivity index (χ1n) is 7.43. The van der Waals surface area contributed by atoms with Crippen LogP contribution in [0.2, 0.25) is 0 Å². The molecule has 24 heavy (non-hydrogen) atoms. The molecular formula is C19H18N2O3. The van der Waals surface area contributed by atoms with Crippen LogP contribution in [-0.2, 0) is 0 Å². The topological polar surface area (TPSA) is 56.2 Å². The number of benzene rings is 2. The third-order valence-electron chi connectivity index (χ3n) is 3.74. The van der Waals surface area contributed by atoms with Gasteiger partial charge in [-0.2, -0.15) is 0 Å². The second kappa shape index (κ2) is 6.50. The number of H-pyrrole nitrogens is 1. The Balaban J connectivity index is 2.14. The van der Waals surface area contributed by atoms with Crippen LogP contribution >= 0.6 is 0 Å². The summed E-state index contributed by atoms with van der Waals surface area (Å²) in [6, 6.07) is 14.9. The average molecular weight is 322 g/mol. The predicted molar refractivity (Wildman–Crippen MR) is 94.3 cm³/mol. The van der Waals surface area contributed by atoms with Crippen molar-refractivity contribution in [2.24, 2.45) is 0 Å². The molecule has 0 saturated carbocycles. The molecule has 0 saturated heterocycles. The molecular weight excluding hydrogens is 304 g/mol. The van der Waals surface area contributed by atoms with E-state index in [0.717, 1.165) is 11.3 Å². The van der Waals surface area contributed by atoms with Gasteiger partial charge in [0.25, 0.3) is 5.56 Å². The van der Waals surface area contributed by atoms with Gasteiger partial charge in [-0.15, -0.1) is 0 Å². The Kier molecular flexibility index (Phi) is 4.24. The van der Waals surface area contributed by atoms with E-state index in [2.05, 4.69) is 11.7 Å². The van der Waals surface area contributed by atoms with Crippen LogP contribution in [0.1, 0.15) is 5.56 Å². The lowest BCUT2D eigenvalue weighted by atomic mass is 10.1. The largest absolute Gasteiger partial charge is 0.493 e. The molecule has 2 aromatic carbocycles. The Morgan fingerprint density at radius 2 is 1.75 bits per heavy atom. The number of ether oxygens (including phenoxy) is 2. The number of aromatic nitrogens is 2. The zero-order valence-corrected chi connectivity index (χ0v) is 13.6. The van der Waals surface area contributed by atoms with Crippen molar-refractivity contribution >= 4 is 12.7 Å². The standard InChI is InChI=1S/C19H18N2O3/c1-13-16(11-14-9-10-17(23-2)18(12-14)24-3)19(22)21(20-13)15-7-5-4-6-8-15/h4-12,20H,1H2,2-3H3. The molecule has 0 atom stereocenters. The predicted octanol–water partition coefficient (Wildman–Crippen LogP) is 1.42. The maximum atomic E-state index is 12.7. The zero-order chi connectivity index (χ0) is 17.1. The molecule has 5 heteroatoms. The van der Waals surface area contributed by atoms with Crippen LogP contribution in [0.4, 0.5) is 0 Å². The number of hydrogen-bond acceptors (Lipinski definition) is 3. The molecule has 0 fully saturated rings. The lowest BCUT2D eigenvalue weighted by Crippen LogP contribution is -2.33. The van der Waals surface area contributed by atoms with Gasteiger partial charge in [0.2, 0.25) is 0 Å². The van der Waals surface area contributed by atoms with E-state index in [9.17, 15) is 4.79 Å². The highest BCUT2D eigenvalue weighted by Crippen LogP contribution is 2.27. The third kappa shape index (κ3) is 2.84. The van der Waals surface area contributed by atoms with Gasteiger partial charge >= 0.3 is 0 Å². The molecule has 0 aliphatic heterocycles. The van der Waals surface area contributed by atoms with E-state index in [1.807, 2.05) is 42.5 Å². The molecule has 0 amide bonds. The fourth-order valence-electron chi connectivity index (χ4n) is 2.51. The quantitative estimate of drug-likeness (QED) is 0.790. The van der Waals surface area contributed by atoms with Crippen LogP contribution in [0.15, 0.2) is 53.3 Å². The highest BCUT2D eigenvalue weighted by Gasteiger charge is 2.06. The Morgan fingerprint density at radius 1 is 1.04 bits per heavy atom. The summed E-state index contributed by atoms with van der Waals surface area (Å²) in [5, 5.41) is 4.07. The van der Waals surface area contributed by atoms with Gasteiger partial charge in [0.05, 0.1) is 30.5 Å². The van der Waals surface area contributed by atoms with Crippen LogP contribution in [0.3, 0.4) is 0 Å². The van der Waals surface area contributed by atoms with Gasteiger partial charge in [-0.3, -0.25) is 9.89 Å². The first-order chi connectivity index (χ1) is 11.6. The molecule has 1 N–H and O–H groups in total. The summed E-state index contributed by atoms with van der Waals surface area (Å²) < 4.78 is 12.0. The highest BCUT2D eigenvalue weighted by atomic mass is 16.5. The maximum Gasteiger partial charge on any atom is 0.279 e. The molecule has 0 aliphatic rings. The molecule has 3 aromatic rings. The van der Waals surface area contributed by atoms with Crippen molar-refractivity contribution in [1.82, 2.24) is 9.78 Å². The first-order valence-corrected chi connectivity index (χ1v) is 7.43. The fraction of sp³-hybridized carbons (Fsp3) is 0.105. The summed E-state index contributed by atoms with van der Waals surface area (Å²) in [6.07, 6.45) is 1.78. The van der Waals surface area contributed by atoms with Crippen LogP contribution in [0.25, 0.3) is 18.3 Å². The number of nitrogens with zero attached hydrogens (tertiary/aromatic N) is 1. The lowest BCUT2D eigenvalue weighted by Gasteiger charge is -2.07. The van der Waals surface area contributed by atoms with Crippen LogP contribution in [-0.4, -0.2) is 24.0 Å². The normalized spacial score (nSPS) is 11.5. The second-order valence-electron chi connectivity index (χ2n) is 5.24. The Labute approximate surface area is 139 Å². The van der Waals surface area contributed by atoms with E-state index >= 15 is 0 Å². The molecule has 1 heterocycles. The van der Waals surface area contributed by atoms with Crippen LogP contribution in [0.5, 0.6) is 11.5 Å². The van der Waals surface area contributed by atoms with Gasteiger partial charge in [0.1, 0.15) is 0 Å². The molecule has 3 rings (SSSR count). The number of nitrogens with one attached hydrogen (secondary N) is 1. The smallest absolute Gasteiger partial charge is 0.279 e. The van der Waals surface area contributed by atoms with Crippen molar-refractivity contribution in [1.29, 1.82) is 0 Å². The Hall–Kier alpha value is -3.21. The molecule has 0 radical (unpaired) electrons. The average Bonchev–Trinajstić information content (AvgIpc) is 2.90. The first kappa shape index (κ1) is 15.7. The van der Waals surface area contributed by atoms with Gasteiger partial charge in [0.15, 0.2) is 11.5 Å². The Bertz CT molecular complexity index is 1020. The number of hydrogen-bond donors (Lipinski definition) is 1. The lowest BCUT2D eigenvalue weighted by molar-refractivity contribution is 0.355. The summed E-state index contributed by atoms with van der Waals surface area (Å²) in [6.45, 7) is 3.94. The molecule has 5 nitrogen and oxygen atoms in total. The maximum absolute atomic E-state index is 12.7. The van der Waals surface area contributed by atoms with Gasteiger partial charge in [-0.1, -0.05) is 30.8 Å². The van der Waals surface area contributed by atoms with E-state index in [1.165, 1.54) is 4.68 Å². The van der Waals surface area contributed by atoms with Crippen molar-refractivity contribution in [3.63, 3.8) is 0 Å². The van der Waals surface area contributed by atoms with Gasteiger partial charge in [0, 0.05) is 0 Å². The zero-order valence-electron chi connectivity index (χ0n) is 13.6. The minimum atomic E-state index is -0.152. The Morgan fingerprint density at radius 3 is 2.42 bits per heavy atom. The van der Waals surface area contributed by atoms with Gasteiger partial charge < -0.3 is 9.47 Å². The minimum absolute atomic E-state index is 0.152. The van der Waals surface area contributed by atoms with Crippen molar-refractivity contribution in [3.05, 3.63) is 75.0 Å². The van der Waals surface area contributed by atoms with Crippen LogP contribution in [0, 0.1) is 0 Å². The number of aromatic amines is 1. The summed E-state index contributed by atoms with van der Waals surface area (Å²) >= 11 is 0. The summed E-state index contributed by atoms with van der Waals surface area (Å²) in [7, 11) is 3.16. The van der Waals surface area contributed by atoms with E-state index in [4.69, 9.17) is 9.47 Å². The van der Waals surface area contributed by atoms with Gasteiger partial charge in [-0.05, 0) is 35.9 Å². The number of para-hydroxylation sites is 1. The summed E-state index contributed by atoms with van der Waals surface area (Å²) in [4.78, 5) is 12.7. The molecule has 1 aromatic heterocycles. The third-order valence-corrected chi connectivity index (χ3v) is 3.74. The number of rotatable bonds is 4. The fourth-order valence-corrected chi connectivity index (χ4v) is 2.51. The van der Waals surface area contributed by atoms with E-state index in [1.54, 1.807) is 26.4 Å². The SMILES string of the molecule is C=c1[nH]n(-c2ccccc2)c(=O)c1=Cc1ccc(OC)c(OC)c1. The van der Waals surface area contributed by atoms with E-state index in [-0.39, 0.29) is 5.56 Å². The van der Waals surface area contributed by atoms with E-state index < -0.39 is 0 Å². The van der Waals surface area contributed by atoms with Crippen LogP contribution < -0.4 is 25.6 Å². The molecule has 0 aliphatic carbocycles. The molecule has 122 valence electrons. The van der Waals surface area contributed by atoms with Gasteiger partial charge in [-0.25, -0.2) is 4.68 Å². The molecule has 0 spiro atoms. The highest BCUT2D eigenvalue weighted by molar-refractivity contribution is 5.56. The molecule has 0 unspecified atom stereocenters. The van der Waals surface area contributed by atoms with Crippen molar-refractivity contribution in [3.8, 4) is 17.2 Å². The van der Waals surface area contributed by atoms with Crippen molar-refractivity contribution in [2.75, 3.05) is 14.2 Å². The second-order valence-corrected chi connectivity index (χ2v) is 5.24. The summed E-state index contributed by atoms with van der Waals surface area (Å²) in [5.41, 5.74) is 1.44. The minimum Gasteiger partial charge on any atom is -0.493 e. The number of methoxy groups -OCH3 is 2. The summed E-state index contributed by atoms with van der Waals surface area (Å²) in [5.74, 6) is 1.25. The van der Waals surface area contributed by atoms with Crippen molar-refractivity contribution < 1.29 is 9.47 Å². The van der Waals surface area contributed by atoms with Crippen molar-refractivity contribution in [2.45, 2.75) is 0 Å². The molecule has 0 bridgehead atoms. The monoisotopic (exact) mass is 322 g/mol. The van der Waals surface area contributed by atoms with E-state index in [0.29, 0.717) is 22.1 Å².